The van der Waals surface area contributed by atoms with E-state index in [-0.39, 0.29) is 22.5 Å². The molecule has 0 aromatic heterocycles. The van der Waals surface area contributed by atoms with Crippen LogP contribution in [0.2, 0.25) is 18.1 Å². The van der Waals surface area contributed by atoms with E-state index in [9.17, 15) is 4.79 Å². The number of hydrogen-bond donors (Lipinski definition) is 1. The van der Waals surface area contributed by atoms with Crippen molar-refractivity contribution in [3.05, 3.63) is 0 Å². The summed E-state index contributed by atoms with van der Waals surface area (Å²) in [4.78, 5) is 11.9. The van der Waals surface area contributed by atoms with Gasteiger partial charge in [0, 0.05) is 12.6 Å². The molecule has 2 rings (SSSR count). The predicted octanol–water partition coefficient (Wildman–Crippen LogP) is 3.86. The zero-order chi connectivity index (χ0) is 17.3. The van der Waals surface area contributed by atoms with Crippen LogP contribution in [0.15, 0.2) is 0 Å². The van der Waals surface area contributed by atoms with Gasteiger partial charge in [0.1, 0.15) is 6.04 Å². The summed E-state index contributed by atoms with van der Waals surface area (Å²) in [6.07, 6.45) is 5.92. The van der Waals surface area contributed by atoms with Crippen LogP contribution in [0.5, 0.6) is 0 Å². The van der Waals surface area contributed by atoms with E-state index >= 15 is 0 Å². The number of rotatable bonds is 4. The van der Waals surface area contributed by atoms with Crippen LogP contribution in [-0.4, -0.2) is 39.6 Å². The second-order valence-corrected chi connectivity index (χ2v) is 13.7. The van der Waals surface area contributed by atoms with Gasteiger partial charge in [-0.15, -0.1) is 0 Å². The first-order chi connectivity index (χ1) is 10.6. The third-order valence-electron chi connectivity index (χ3n) is 6.19. The molecule has 0 amide bonds. The maximum atomic E-state index is 11.9. The molecule has 1 saturated heterocycles. The Morgan fingerprint density at radius 3 is 2.39 bits per heavy atom. The summed E-state index contributed by atoms with van der Waals surface area (Å²) < 4.78 is 11.7. The molecule has 1 saturated carbocycles. The van der Waals surface area contributed by atoms with E-state index in [1.165, 1.54) is 0 Å². The van der Waals surface area contributed by atoms with Crippen LogP contribution in [-0.2, 0) is 14.0 Å². The van der Waals surface area contributed by atoms with Crippen LogP contribution in [0.1, 0.15) is 59.8 Å². The predicted molar refractivity (Wildman–Crippen MR) is 96.0 cm³/mol. The molecule has 134 valence electrons. The fraction of sp³-hybridized carbons (Fsp3) is 0.944. The lowest BCUT2D eigenvalue weighted by Gasteiger charge is -2.43. The van der Waals surface area contributed by atoms with Gasteiger partial charge in [-0.25, -0.2) is 0 Å². The van der Waals surface area contributed by atoms with Crippen molar-refractivity contribution >= 4 is 14.3 Å². The van der Waals surface area contributed by atoms with Gasteiger partial charge in [0.2, 0.25) is 0 Å². The molecule has 1 aliphatic heterocycles. The Balaban J connectivity index is 1.86. The van der Waals surface area contributed by atoms with Crippen molar-refractivity contribution in [2.45, 2.75) is 90.1 Å². The van der Waals surface area contributed by atoms with Crippen molar-refractivity contribution < 1.29 is 14.0 Å². The molecule has 1 aliphatic carbocycles. The second kappa shape index (κ2) is 6.85. The molecule has 2 aliphatic rings. The van der Waals surface area contributed by atoms with E-state index in [1.807, 2.05) is 6.92 Å². The molecular weight excluding hydrogens is 306 g/mol. The Bertz CT molecular complexity index is 422. The minimum absolute atomic E-state index is 0.0796. The van der Waals surface area contributed by atoms with Crippen LogP contribution < -0.4 is 5.32 Å². The van der Waals surface area contributed by atoms with E-state index in [2.05, 4.69) is 39.2 Å². The van der Waals surface area contributed by atoms with Crippen molar-refractivity contribution in [3.8, 4) is 0 Å². The molecule has 2 fully saturated rings. The van der Waals surface area contributed by atoms with Crippen molar-refractivity contribution in [2.24, 2.45) is 5.41 Å². The molecule has 1 atom stereocenters. The zero-order valence-corrected chi connectivity index (χ0v) is 16.8. The van der Waals surface area contributed by atoms with Crippen molar-refractivity contribution in [1.82, 2.24) is 5.32 Å². The average Bonchev–Trinajstić information content (AvgIpc) is 2.85. The Morgan fingerprint density at radius 1 is 1.26 bits per heavy atom. The molecule has 0 aromatic rings. The molecular formula is C18H35NO3Si. The van der Waals surface area contributed by atoms with Crippen LogP contribution >= 0.6 is 0 Å². The molecule has 0 bridgehead atoms. The maximum Gasteiger partial charge on any atom is 0.323 e. The third kappa shape index (κ3) is 4.37. The molecule has 23 heavy (non-hydrogen) atoms. The molecule has 1 N–H and O–H groups in total. The van der Waals surface area contributed by atoms with Crippen LogP contribution in [0.25, 0.3) is 0 Å². The second-order valence-electron chi connectivity index (χ2n) is 8.97. The van der Waals surface area contributed by atoms with E-state index in [4.69, 9.17) is 9.16 Å². The first kappa shape index (κ1) is 18.9. The zero-order valence-electron chi connectivity index (χ0n) is 15.8. The van der Waals surface area contributed by atoms with Gasteiger partial charge < -0.3 is 14.5 Å². The Kier molecular flexibility index (Phi) is 5.64. The SMILES string of the molecule is CCOC(=O)C1CC2(CCC(O[Si](C)(C)C(C)(C)C)CC2)CN1. The lowest BCUT2D eigenvalue weighted by molar-refractivity contribution is -0.145. The summed E-state index contributed by atoms with van der Waals surface area (Å²) >= 11 is 0. The summed E-state index contributed by atoms with van der Waals surface area (Å²) in [5.41, 5.74) is 0.282. The molecule has 1 unspecified atom stereocenters. The van der Waals surface area contributed by atoms with Gasteiger partial charge in [0.15, 0.2) is 8.32 Å². The van der Waals surface area contributed by atoms with Crippen molar-refractivity contribution in [2.75, 3.05) is 13.2 Å². The summed E-state index contributed by atoms with van der Waals surface area (Å²) in [5, 5.41) is 3.65. The number of hydrogen-bond acceptors (Lipinski definition) is 4. The standard InChI is InChI=1S/C18H35NO3Si/c1-7-21-16(20)15-12-18(13-19-15)10-8-14(9-11-18)22-23(5,6)17(2,3)4/h14-15,19H,7-13H2,1-6H3. The van der Waals surface area contributed by atoms with E-state index in [0.717, 1.165) is 38.6 Å². The molecule has 1 heterocycles. The summed E-state index contributed by atoms with van der Waals surface area (Å²) in [5.74, 6) is -0.0796. The first-order valence-electron chi connectivity index (χ1n) is 9.16. The van der Waals surface area contributed by atoms with Crippen LogP contribution in [0.4, 0.5) is 0 Å². The topological polar surface area (TPSA) is 47.6 Å². The van der Waals surface area contributed by atoms with Gasteiger partial charge in [-0.05, 0) is 62.6 Å². The number of esters is 1. The van der Waals surface area contributed by atoms with E-state index in [1.54, 1.807) is 0 Å². The quantitative estimate of drug-likeness (QED) is 0.623. The summed E-state index contributed by atoms with van der Waals surface area (Å²) in [7, 11) is -1.68. The fourth-order valence-electron chi connectivity index (χ4n) is 3.62. The molecule has 0 radical (unpaired) electrons. The highest BCUT2D eigenvalue weighted by molar-refractivity contribution is 6.74. The molecule has 0 aromatic carbocycles. The first-order valence-corrected chi connectivity index (χ1v) is 12.1. The van der Waals surface area contributed by atoms with Gasteiger partial charge in [0.05, 0.1) is 6.61 Å². The highest BCUT2D eigenvalue weighted by atomic mass is 28.4. The highest BCUT2D eigenvalue weighted by Crippen LogP contribution is 2.46. The smallest absolute Gasteiger partial charge is 0.323 e. The number of ether oxygens (including phenoxy) is 1. The van der Waals surface area contributed by atoms with Gasteiger partial charge in [-0.2, -0.15) is 0 Å². The van der Waals surface area contributed by atoms with Gasteiger partial charge in [-0.1, -0.05) is 20.8 Å². The average molecular weight is 342 g/mol. The monoisotopic (exact) mass is 341 g/mol. The fourth-order valence-corrected chi connectivity index (χ4v) is 5.05. The maximum absolute atomic E-state index is 11.9. The largest absolute Gasteiger partial charge is 0.465 e. The lowest BCUT2D eigenvalue weighted by Crippen LogP contribution is -2.45. The summed E-state index contributed by atoms with van der Waals surface area (Å²) in [6.45, 7) is 14.9. The highest BCUT2D eigenvalue weighted by Gasteiger charge is 2.46. The van der Waals surface area contributed by atoms with E-state index in [0.29, 0.717) is 12.7 Å². The molecule has 5 heteroatoms. The Labute approximate surface area is 142 Å². The minimum Gasteiger partial charge on any atom is -0.465 e. The Hall–Kier alpha value is -0.393. The van der Waals surface area contributed by atoms with Crippen LogP contribution in [0, 0.1) is 5.41 Å². The number of carbonyl (C=O) groups is 1. The lowest BCUT2D eigenvalue weighted by atomic mass is 9.72. The molecule has 4 nitrogen and oxygen atoms in total. The Morgan fingerprint density at radius 2 is 1.87 bits per heavy atom. The van der Waals surface area contributed by atoms with Gasteiger partial charge in [0.25, 0.3) is 0 Å². The minimum atomic E-state index is -1.68. The summed E-state index contributed by atoms with van der Waals surface area (Å²) in [6, 6.07) is -0.104. The van der Waals surface area contributed by atoms with Gasteiger partial charge in [-0.3, -0.25) is 4.79 Å². The third-order valence-corrected chi connectivity index (χ3v) is 10.7. The number of carbonyl (C=O) groups excluding carboxylic acids is 1. The van der Waals surface area contributed by atoms with Crippen molar-refractivity contribution in [1.29, 1.82) is 0 Å². The van der Waals surface area contributed by atoms with Crippen LogP contribution in [0.3, 0.4) is 0 Å². The van der Waals surface area contributed by atoms with E-state index < -0.39 is 8.32 Å². The molecule has 1 spiro atoms. The normalized spacial score (nSPS) is 32.3. The van der Waals surface area contributed by atoms with Gasteiger partial charge >= 0.3 is 5.97 Å². The van der Waals surface area contributed by atoms with Crippen molar-refractivity contribution in [3.63, 3.8) is 0 Å². The number of nitrogens with one attached hydrogen (secondary N) is 1.